The summed E-state index contributed by atoms with van der Waals surface area (Å²) in [6, 6.07) is 11.0. The number of hydrogen-bond acceptors (Lipinski definition) is 1. The Morgan fingerprint density at radius 1 is 1.33 bits per heavy atom. The monoisotopic (exact) mass is 263 g/mol. The van der Waals surface area contributed by atoms with Gasteiger partial charge in [-0.05, 0) is 24.0 Å². The van der Waals surface area contributed by atoms with Crippen molar-refractivity contribution in [2.75, 3.05) is 0 Å². The Labute approximate surface area is 99.2 Å². The highest BCUT2D eigenvalue weighted by atomic mass is 79.9. The second kappa shape index (κ2) is 4.37. The van der Waals surface area contributed by atoms with E-state index in [4.69, 9.17) is 0 Å². The third-order valence-corrected chi connectivity index (χ3v) is 3.95. The Bertz CT molecular complexity index is 386. The van der Waals surface area contributed by atoms with Gasteiger partial charge in [0.15, 0.2) is 0 Å². The van der Waals surface area contributed by atoms with Crippen LogP contribution in [0.1, 0.15) is 36.8 Å². The zero-order valence-corrected chi connectivity index (χ0v) is 10.3. The van der Waals surface area contributed by atoms with Gasteiger partial charge in [0.25, 0.3) is 0 Å². The number of hydrogen-bond donors (Lipinski definition) is 0. The van der Waals surface area contributed by atoms with Crippen LogP contribution in [0.25, 0.3) is 0 Å². The van der Waals surface area contributed by atoms with Gasteiger partial charge in [-0.25, -0.2) is 0 Å². The third kappa shape index (κ3) is 1.94. The zero-order valence-electron chi connectivity index (χ0n) is 8.67. The van der Waals surface area contributed by atoms with E-state index in [0.717, 1.165) is 18.2 Å². The molecule has 0 unspecified atom stereocenters. The highest BCUT2D eigenvalue weighted by Gasteiger charge is 2.35. The van der Waals surface area contributed by atoms with E-state index in [1.54, 1.807) is 0 Å². The first-order valence-electron chi connectivity index (χ1n) is 5.37. The Kier molecular flexibility index (Phi) is 3.11. The molecule has 2 rings (SSSR count). The fraction of sp³-hybridized carbons (Fsp3) is 0.462. The Morgan fingerprint density at radius 2 is 2.07 bits per heavy atom. The summed E-state index contributed by atoms with van der Waals surface area (Å²) in [4.78, 5) is 0. The number of alkyl halides is 1. The first kappa shape index (κ1) is 10.7. The molecule has 0 aliphatic heterocycles. The summed E-state index contributed by atoms with van der Waals surface area (Å²) in [7, 11) is 0. The molecule has 0 radical (unpaired) electrons. The summed E-state index contributed by atoms with van der Waals surface area (Å²) in [6.07, 6.45) is 4.42. The quantitative estimate of drug-likeness (QED) is 0.743. The molecule has 0 saturated heterocycles. The SMILES string of the molecule is N#CC1(c2cccc(CBr)c2)CCCC1. The lowest BCUT2D eigenvalue weighted by Gasteiger charge is -2.21. The largest absolute Gasteiger partial charge is 0.197 e. The molecule has 0 heterocycles. The van der Waals surface area contributed by atoms with Crippen LogP contribution in [0.3, 0.4) is 0 Å². The Hall–Kier alpha value is -0.810. The van der Waals surface area contributed by atoms with E-state index in [1.165, 1.54) is 24.0 Å². The van der Waals surface area contributed by atoms with E-state index in [0.29, 0.717) is 0 Å². The van der Waals surface area contributed by atoms with E-state index in [2.05, 4.69) is 46.3 Å². The van der Waals surface area contributed by atoms with Crippen LogP contribution >= 0.6 is 15.9 Å². The maximum absolute atomic E-state index is 9.37. The van der Waals surface area contributed by atoms with E-state index in [-0.39, 0.29) is 5.41 Å². The van der Waals surface area contributed by atoms with Crippen LogP contribution in [0.4, 0.5) is 0 Å². The van der Waals surface area contributed by atoms with Crippen LogP contribution in [-0.4, -0.2) is 0 Å². The summed E-state index contributed by atoms with van der Waals surface area (Å²) in [6.45, 7) is 0. The Morgan fingerprint density at radius 3 is 2.67 bits per heavy atom. The molecule has 1 nitrogen and oxygen atoms in total. The van der Waals surface area contributed by atoms with Gasteiger partial charge in [0.05, 0.1) is 11.5 Å². The van der Waals surface area contributed by atoms with Gasteiger partial charge in [0.1, 0.15) is 0 Å². The summed E-state index contributed by atoms with van der Waals surface area (Å²) in [5.74, 6) is 0. The first-order chi connectivity index (χ1) is 7.30. The number of benzene rings is 1. The van der Waals surface area contributed by atoms with Crippen LogP contribution in [0.5, 0.6) is 0 Å². The predicted octanol–water partition coefficient (Wildman–Crippen LogP) is 3.92. The van der Waals surface area contributed by atoms with E-state index in [9.17, 15) is 5.26 Å². The predicted molar refractivity (Wildman–Crippen MR) is 64.8 cm³/mol. The van der Waals surface area contributed by atoms with Gasteiger partial charge in [-0.3, -0.25) is 0 Å². The Balaban J connectivity index is 2.39. The lowest BCUT2D eigenvalue weighted by atomic mass is 9.80. The van der Waals surface area contributed by atoms with Gasteiger partial charge in [-0.1, -0.05) is 53.0 Å². The molecule has 1 aliphatic carbocycles. The summed E-state index contributed by atoms with van der Waals surface area (Å²) in [5, 5.41) is 10.2. The van der Waals surface area contributed by atoms with Gasteiger partial charge in [-0.15, -0.1) is 0 Å². The van der Waals surface area contributed by atoms with Crippen molar-refractivity contribution in [1.29, 1.82) is 5.26 Å². The molecule has 15 heavy (non-hydrogen) atoms. The van der Waals surface area contributed by atoms with Gasteiger partial charge < -0.3 is 0 Å². The normalized spacial score (nSPS) is 18.7. The van der Waals surface area contributed by atoms with Crippen LogP contribution in [0.2, 0.25) is 0 Å². The van der Waals surface area contributed by atoms with E-state index < -0.39 is 0 Å². The van der Waals surface area contributed by atoms with Gasteiger partial charge in [0.2, 0.25) is 0 Å². The van der Waals surface area contributed by atoms with Crippen molar-refractivity contribution in [2.24, 2.45) is 0 Å². The smallest absolute Gasteiger partial charge is 0.0822 e. The summed E-state index contributed by atoms with van der Waals surface area (Å²) >= 11 is 3.46. The average molecular weight is 264 g/mol. The third-order valence-electron chi connectivity index (χ3n) is 3.30. The molecule has 1 aliphatic rings. The highest BCUT2D eigenvalue weighted by Crippen LogP contribution is 2.40. The number of nitrogens with zero attached hydrogens (tertiary/aromatic N) is 1. The number of rotatable bonds is 2. The summed E-state index contributed by atoms with van der Waals surface area (Å²) < 4.78 is 0. The minimum absolute atomic E-state index is 0.196. The molecule has 1 saturated carbocycles. The van der Waals surface area contributed by atoms with Crippen molar-refractivity contribution < 1.29 is 0 Å². The molecule has 0 bridgehead atoms. The van der Waals surface area contributed by atoms with Gasteiger partial charge in [0, 0.05) is 5.33 Å². The molecule has 0 aromatic heterocycles. The zero-order chi connectivity index (χ0) is 10.7. The van der Waals surface area contributed by atoms with Gasteiger partial charge >= 0.3 is 0 Å². The van der Waals surface area contributed by atoms with Crippen molar-refractivity contribution in [3.63, 3.8) is 0 Å². The number of nitriles is 1. The molecule has 0 N–H and O–H groups in total. The van der Waals surface area contributed by atoms with Crippen LogP contribution < -0.4 is 0 Å². The minimum atomic E-state index is -0.196. The van der Waals surface area contributed by atoms with Crippen molar-refractivity contribution in [3.8, 4) is 6.07 Å². The molecule has 1 aromatic rings. The van der Waals surface area contributed by atoms with Crippen LogP contribution in [-0.2, 0) is 10.7 Å². The van der Waals surface area contributed by atoms with Crippen molar-refractivity contribution in [1.82, 2.24) is 0 Å². The maximum Gasteiger partial charge on any atom is 0.0822 e. The van der Waals surface area contributed by atoms with Gasteiger partial charge in [-0.2, -0.15) is 5.26 Å². The fourth-order valence-electron chi connectivity index (χ4n) is 2.40. The molecule has 1 aromatic carbocycles. The van der Waals surface area contributed by atoms with Crippen molar-refractivity contribution in [2.45, 2.75) is 36.4 Å². The van der Waals surface area contributed by atoms with Crippen molar-refractivity contribution in [3.05, 3.63) is 35.4 Å². The molecular weight excluding hydrogens is 250 g/mol. The van der Waals surface area contributed by atoms with Crippen LogP contribution in [0, 0.1) is 11.3 Å². The first-order valence-corrected chi connectivity index (χ1v) is 6.49. The molecule has 0 amide bonds. The number of halogens is 1. The standard InChI is InChI=1S/C13H14BrN/c14-9-11-4-3-5-12(8-11)13(10-15)6-1-2-7-13/h3-5,8H,1-2,6-7,9H2. The topological polar surface area (TPSA) is 23.8 Å². The van der Waals surface area contributed by atoms with Crippen molar-refractivity contribution >= 4 is 15.9 Å². The molecule has 78 valence electrons. The molecular formula is C13H14BrN. The molecule has 1 fully saturated rings. The molecule has 0 spiro atoms. The van der Waals surface area contributed by atoms with E-state index in [1.807, 2.05) is 0 Å². The lowest BCUT2D eigenvalue weighted by Crippen LogP contribution is -2.19. The fourth-order valence-corrected chi connectivity index (χ4v) is 2.74. The summed E-state index contributed by atoms with van der Waals surface area (Å²) in [5.41, 5.74) is 2.27. The lowest BCUT2D eigenvalue weighted by molar-refractivity contribution is 0.572. The minimum Gasteiger partial charge on any atom is -0.197 e. The average Bonchev–Trinajstić information content (AvgIpc) is 2.79. The highest BCUT2D eigenvalue weighted by molar-refractivity contribution is 9.08. The van der Waals surface area contributed by atoms with E-state index >= 15 is 0 Å². The molecule has 0 atom stereocenters. The second-order valence-electron chi connectivity index (χ2n) is 4.24. The second-order valence-corrected chi connectivity index (χ2v) is 4.80. The maximum atomic E-state index is 9.37. The molecule has 2 heteroatoms. The van der Waals surface area contributed by atoms with Crippen LogP contribution in [0.15, 0.2) is 24.3 Å².